The predicted octanol–water partition coefficient (Wildman–Crippen LogP) is 1.05. The number of anilines is 2. The van der Waals surface area contributed by atoms with Crippen LogP contribution in [0.4, 0.5) is 11.4 Å². The SMILES string of the molecule is O=C1CCCN1c1ccc(N2CC(C[NH+]3C(=O)c4ccccc4C3=O)CC2=O)cc1. The molecule has 7 nitrogen and oxygen atoms in total. The van der Waals surface area contributed by atoms with Crippen LogP contribution >= 0.6 is 0 Å². The van der Waals surface area contributed by atoms with Gasteiger partial charge in [0.05, 0.1) is 17.7 Å². The van der Waals surface area contributed by atoms with E-state index in [-0.39, 0.29) is 29.5 Å². The molecule has 3 aliphatic heterocycles. The minimum absolute atomic E-state index is 0.0130. The first-order valence-corrected chi connectivity index (χ1v) is 10.3. The molecule has 2 fully saturated rings. The first kappa shape index (κ1) is 18.7. The lowest BCUT2D eigenvalue weighted by Crippen LogP contribution is -3.15. The van der Waals surface area contributed by atoms with Crippen molar-refractivity contribution in [2.45, 2.75) is 19.3 Å². The lowest BCUT2D eigenvalue weighted by molar-refractivity contribution is -0.724. The number of fused-ring (bicyclic) bond motifs is 1. The summed E-state index contributed by atoms with van der Waals surface area (Å²) in [6.07, 6.45) is 1.76. The van der Waals surface area contributed by atoms with Crippen molar-refractivity contribution in [3.63, 3.8) is 0 Å². The highest BCUT2D eigenvalue weighted by atomic mass is 16.2. The average molecular weight is 404 g/mol. The van der Waals surface area contributed by atoms with Crippen molar-refractivity contribution in [1.29, 1.82) is 0 Å². The minimum Gasteiger partial charge on any atom is -0.312 e. The van der Waals surface area contributed by atoms with Gasteiger partial charge in [0.1, 0.15) is 0 Å². The number of nitrogens with zero attached hydrogens (tertiary/aromatic N) is 2. The predicted molar refractivity (Wildman–Crippen MR) is 109 cm³/mol. The zero-order chi connectivity index (χ0) is 20.8. The number of imide groups is 1. The van der Waals surface area contributed by atoms with Crippen molar-refractivity contribution in [2.75, 3.05) is 29.4 Å². The van der Waals surface area contributed by atoms with Crippen LogP contribution in [0.5, 0.6) is 0 Å². The molecule has 3 heterocycles. The lowest BCUT2D eigenvalue weighted by atomic mass is 10.1. The lowest BCUT2D eigenvalue weighted by Gasteiger charge is -2.20. The Morgan fingerprint density at radius 2 is 1.40 bits per heavy atom. The van der Waals surface area contributed by atoms with Crippen molar-refractivity contribution in [3.8, 4) is 0 Å². The summed E-state index contributed by atoms with van der Waals surface area (Å²) in [6, 6.07) is 14.3. The van der Waals surface area contributed by atoms with Gasteiger partial charge in [-0.05, 0) is 42.8 Å². The maximum atomic E-state index is 12.6. The fraction of sp³-hybridized carbons (Fsp3) is 0.304. The second kappa shape index (κ2) is 7.18. The number of hydrogen-bond donors (Lipinski definition) is 1. The number of rotatable bonds is 4. The van der Waals surface area contributed by atoms with E-state index in [1.807, 2.05) is 24.3 Å². The van der Waals surface area contributed by atoms with E-state index in [0.717, 1.165) is 24.3 Å². The zero-order valence-corrected chi connectivity index (χ0v) is 16.5. The van der Waals surface area contributed by atoms with Gasteiger partial charge in [-0.1, -0.05) is 12.1 Å². The molecule has 30 heavy (non-hydrogen) atoms. The summed E-state index contributed by atoms with van der Waals surface area (Å²) in [5.74, 6) is -0.373. The summed E-state index contributed by atoms with van der Waals surface area (Å²) in [5.41, 5.74) is 2.55. The maximum Gasteiger partial charge on any atom is 0.352 e. The summed E-state index contributed by atoms with van der Waals surface area (Å²) in [5, 5.41) is 0. The van der Waals surface area contributed by atoms with E-state index in [1.54, 1.807) is 34.1 Å². The molecule has 0 aliphatic carbocycles. The van der Waals surface area contributed by atoms with E-state index < -0.39 is 0 Å². The van der Waals surface area contributed by atoms with Gasteiger partial charge in [-0.15, -0.1) is 0 Å². The Labute approximate surface area is 173 Å². The fourth-order valence-corrected chi connectivity index (χ4v) is 4.68. The molecule has 0 saturated carbocycles. The molecule has 4 amide bonds. The summed E-state index contributed by atoms with van der Waals surface area (Å²) in [4.78, 5) is 53.6. The zero-order valence-electron chi connectivity index (χ0n) is 16.5. The monoisotopic (exact) mass is 404 g/mol. The molecule has 0 radical (unpaired) electrons. The number of benzene rings is 2. The van der Waals surface area contributed by atoms with Crippen LogP contribution in [0.1, 0.15) is 40.0 Å². The Balaban J connectivity index is 1.28. The number of carbonyl (C=O) groups is 4. The standard InChI is InChI=1S/C23H21N3O4/c27-20-6-3-11-24(20)16-7-9-17(10-8-16)25-13-15(12-21(25)28)14-26-22(29)18-4-1-2-5-19(18)23(26)30/h1-2,4-5,7-10,15H,3,6,11-14H2/p+1. The van der Waals surface area contributed by atoms with Gasteiger partial charge in [-0.3, -0.25) is 9.59 Å². The normalized spacial score (nSPS) is 21.8. The molecule has 7 heteroatoms. The molecular formula is C23H22N3O4+. The largest absolute Gasteiger partial charge is 0.352 e. The highest BCUT2D eigenvalue weighted by molar-refractivity contribution is 6.11. The van der Waals surface area contributed by atoms with E-state index >= 15 is 0 Å². The second-order valence-corrected chi connectivity index (χ2v) is 8.13. The first-order chi connectivity index (χ1) is 14.5. The molecule has 1 atom stereocenters. The maximum absolute atomic E-state index is 12.6. The van der Waals surface area contributed by atoms with Crippen LogP contribution in [0, 0.1) is 5.92 Å². The molecule has 1 N–H and O–H groups in total. The van der Waals surface area contributed by atoms with E-state index in [0.29, 0.717) is 42.0 Å². The van der Waals surface area contributed by atoms with E-state index in [4.69, 9.17) is 0 Å². The van der Waals surface area contributed by atoms with Gasteiger partial charge in [0.2, 0.25) is 11.8 Å². The van der Waals surface area contributed by atoms with E-state index in [1.165, 1.54) is 0 Å². The summed E-state index contributed by atoms with van der Waals surface area (Å²) < 4.78 is 0. The highest BCUT2D eigenvalue weighted by Crippen LogP contribution is 2.28. The minimum atomic E-state index is -0.207. The molecule has 1 unspecified atom stereocenters. The Morgan fingerprint density at radius 3 is 1.97 bits per heavy atom. The Morgan fingerprint density at radius 1 is 0.800 bits per heavy atom. The molecule has 2 saturated heterocycles. The van der Waals surface area contributed by atoms with Gasteiger partial charge in [0, 0.05) is 43.2 Å². The molecule has 0 spiro atoms. The number of carbonyl (C=O) groups excluding carboxylic acids is 4. The van der Waals surface area contributed by atoms with Crippen LogP contribution in [-0.4, -0.2) is 43.3 Å². The van der Waals surface area contributed by atoms with Crippen molar-refractivity contribution in [1.82, 2.24) is 0 Å². The van der Waals surface area contributed by atoms with Crippen molar-refractivity contribution in [2.24, 2.45) is 5.92 Å². The van der Waals surface area contributed by atoms with Gasteiger partial charge in [0.15, 0.2) is 0 Å². The van der Waals surface area contributed by atoms with Gasteiger partial charge < -0.3 is 9.80 Å². The van der Waals surface area contributed by atoms with Crippen LogP contribution in [0.3, 0.4) is 0 Å². The number of hydrogen-bond acceptors (Lipinski definition) is 4. The molecule has 152 valence electrons. The van der Waals surface area contributed by atoms with Crippen LogP contribution in [0.15, 0.2) is 48.5 Å². The first-order valence-electron chi connectivity index (χ1n) is 10.3. The van der Waals surface area contributed by atoms with E-state index in [9.17, 15) is 19.2 Å². The highest BCUT2D eigenvalue weighted by Gasteiger charge is 2.44. The average Bonchev–Trinajstić information content (AvgIpc) is 3.42. The summed E-state index contributed by atoms with van der Waals surface area (Å²) in [6.45, 7) is 1.52. The summed E-state index contributed by atoms with van der Waals surface area (Å²) >= 11 is 0. The van der Waals surface area contributed by atoms with Gasteiger partial charge in [0.25, 0.3) is 0 Å². The Hall–Kier alpha value is -3.32. The number of amides is 4. The molecule has 3 aliphatic rings. The molecule has 5 rings (SSSR count). The van der Waals surface area contributed by atoms with Crippen LogP contribution in [0.25, 0.3) is 0 Å². The van der Waals surface area contributed by atoms with E-state index in [2.05, 4.69) is 0 Å². The third kappa shape index (κ3) is 3.02. The quantitative estimate of drug-likeness (QED) is 0.773. The Bertz CT molecular complexity index is 1030. The van der Waals surface area contributed by atoms with Crippen molar-refractivity contribution >= 4 is 35.0 Å². The van der Waals surface area contributed by atoms with Crippen molar-refractivity contribution < 1.29 is 24.1 Å². The number of nitrogens with one attached hydrogen (secondary N) is 1. The van der Waals surface area contributed by atoms with Crippen LogP contribution in [-0.2, 0) is 9.59 Å². The summed E-state index contributed by atoms with van der Waals surface area (Å²) in [7, 11) is 0. The van der Waals surface area contributed by atoms with Crippen LogP contribution < -0.4 is 14.7 Å². The topological polar surface area (TPSA) is 79.2 Å². The molecule has 2 aromatic carbocycles. The van der Waals surface area contributed by atoms with Crippen LogP contribution in [0.2, 0.25) is 0 Å². The fourth-order valence-electron chi connectivity index (χ4n) is 4.68. The Kier molecular flexibility index (Phi) is 4.47. The number of quaternary nitrogens is 1. The molecule has 0 bridgehead atoms. The second-order valence-electron chi connectivity index (χ2n) is 8.13. The molecular weight excluding hydrogens is 382 g/mol. The van der Waals surface area contributed by atoms with Gasteiger partial charge in [-0.25, -0.2) is 14.5 Å². The third-order valence-corrected chi connectivity index (χ3v) is 6.21. The third-order valence-electron chi connectivity index (χ3n) is 6.21. The van der Waals surface area contributed by atoms with Crippen molar-refractivity contribution in [3.05, 3.63) is 59.7 Å². The molecule has 0 aromatic heterocycles. The smallest absolute Gasteiger partial charge is 0.312 e. The van der Waals surface area contributed by atoms with Gasteiger partial charge in [-0.2, -0.15) is 0 Å². The molecule has 2 aromatic rings. The van der Waals surface area contributed by atoms with Gasteiger partial charge >= 0.3 is 11.8 Å².